The van der Waals surface area contributed by atoms with E-state index >= 15 is 0 Å². The Morgan fingerprint density at radius 3 is 2.30 bits per heavy atom. The standard InChI is InChI=1S/C24H22O6/c1-24(2)18(29-23(27)21(28-3)14-9-5-4-6-10-14)13-17-20(26)19(25)15-11-7-8-12-16(15)22(17)30-24/h4-12,18,21H,13H2,1-3H3/t18-,21-/m1/s1. The van der Waals surface area contributed by atoms with Gasteiger partial charge in [-0.1, -0.05) is 54.6 Å². The number of Topliss-reactive ketones (excluding diaryl/α,β-unsaturated/α-hetero) is 2. The van der Waals surface area contributed by atoms with Gasteiger partial charge in [0.25, 0.3) is 0 Å². The summed E-state index contributed by atoms with van der Waals surface area (Å²) < 4.78 is 17.2. The average molecular weight is 406 g/mol. The minimum Gasteiger partial charge on any atom is -0.483 e. The molecule has 2 atom stereocenters. The number of benzene rings is 2. The van der Waals surface area contributed by atoms with Crippen LogP contribution in [0.15, 0.2) is 60.2 Å². The number of hydrogen-bond donors (Lipinski definition) is 0. The molecule has 30 heavy (non-hydrogen) atoms. The number of carbonyl (C=O) groups excluding carboxylic acids is 3. The van der Waals surface area contributed by atoms with E-state index in [0.717, 1.165) is 0 Å². The Labute approximate surface area is 174 Å². The van der Waals surface area contributed by atoms with Crippen molar-refractivity contribution in [3.05, 3.63) is 76.9 Å². The molecule has 4 rings (SSSR count). The number of hydrogen-bond acceptors (Lipinski definition) is 6. The van der Waals surface area contributed by atoms with Crippen LogP contribution in [0.5, 0.6) is 0 Å². The van der Waals surface area contributed by atoms with E-state index in [1.807, 2.05) is 18.2 Å². The minimum atomic E-state index is -0.906. The molecule has 2 aliphatic rings. The lowest BCUT2D eigenvalue weighted by Crippen LogP contribution is -2.47. The van der Waals surface area contributed by atoms with Gasteiger partial charge >= 0.3 is 5.97 Å². The largest absolute Gasteiger partial charge is 0.483 e. The van der Waals surface area contributed by atoms with Crippen LogP contribution < -0.4 is 0 Å². The van der Waals surface area contributed by atoms with Gasteiger partial charge in [-0.15, -0.1) is 0 Å². The molecule has 0 radical (unpaired) electrons. The summed E-state index contributed by atoms with van der Waals surface area (Å²) in [5.74, 6) is -1.38. The van der Waals surface area contributed by atoms with Gasteiger partial charge in [0.05, 0.1) is 5.57 Å². The summed E-state index contributed by atoms with van der Waals surface area (Å²) in [6, 6.07) is 15.9. The molecule has 0 bridgehead atoms. The first-order chi connectivity index (χ1) is 14.3. The fraction of sp³-hybridized carbons (Fsp3) is 0.292. The SMILES string of the molecule is CO[C@@H](C(=O)O[C@@H]1CC2=C(OC1(C)C)c1ccccc1C(=O)C2=O)c1ccccc1. The van der Waals surface area contributed by atoms with Crippen LogP contribution in [0.1, 0.15) is 47.9 Å². The van der Waals surface area contributed by atoms with Crippen LogP contribution in [0.2, 0.25) is 0 Å². The molecule has 1 aliphatic carbocycles. The van der Waals surface area contributed by atoms with Crippen LogP contribution >= 0.6 is 0 Å². The van der Waals surface area contributed by atoms with Crippen LogP contribution in [0, 0.1) is 0 Å². The third kappa shape index (κ3) is 3.33. The maximum absolute atomic E-state index is 12.9. The van der Waals surface area contributed by atoms with Crippen LogP contribution in [0.4, 0.5) is 0 Å². The maximum Gasteiger partial charge on any atom is 0.340 e. The number of ketones is 2. The third-order valence-electron chi connectivity index (χ3n) is 5.51. The molecular weight excluding hydrogens is 384 g/mol. The average Bonchev–Trinajstić information content (AvgIpc) is 2.74. The Hall–Kier alpha value is -3.25. The van der Waals surface area contributed by atoms with Crippen LogP contribution in [0.25, 0.3) is 5.76 Å². The smallest absolute Gasteiger partial charge is 0.340 e. The first-order valence-corrected chi connectivity index (χ1v) is 9.72. The van der Waals surface area contributed by atoms with Crippen molar-refractivity contribution in [2.45, 2.75) is 38.1 Å². The van der Waals surface area contributed by atoms with Gasteiger partial charge in [0.1, 0.15) is 17.5 Å². The van der Waals surface area contributed by atoms with E-state index < -0.39 is 35.3 Å². The summed E-state index contributed by atoms with van der Waals surface area (Å²) >= 11 is 0. The van der Waals surface area contributed by atoms with Crippen molar-refractivity contribution < 1.29 is 28.6 Å². The van der Waals surface area contributed by atoms with Crippen molar-refractivity contribution in [1.29, 1.82) is 0 Å². The Balaban J connectivity index is 1.64. The molecule has 1 heterocycles. The van der Waals surface area contributed by atoms with E-state index in [4.69, 9.17) is 14.2 Å². The number of rotatable bonds is 4. The molecule has 154 valence electrons. The molecule has 0 saturated heterocycles. The molecule has 0 spiro atoms. The topological polar surface area (TPSA) is 78.9 Å². The molecule has 2 aromatic rings. The lowest BCUT2D eigenvalue weighted by atomic mass is 9.81. The number of fused-ring (bicyclic) bond motifs is 2. The predicted molar refractivity (Wildman–Crippen MR) is 109 cm³/mol. The fourth-order valence-corrected chi connectivity index (χ4v) is 3.85. The second-order valence-corrected chi connectivity index (χ2v) is 7.87. The summed E-state index contributed by atoms with van der Waals surface area (Å²) in [4.78, 5) is 38.1. The Bertz CT molecular complexity index is 1050. The van der Waals surface area contributed by atoms with Crippen molar-refractivity contribution in [3.63, 3.8) is 0 Å². The quantitative estimate of drug-likeness (QED) is 0.570. The lowest BCUT2D eigenvalue weighted by molar-refractivity contribution is -0.175. The highest BCUT2D eigenvalue weighted by Crippen LogP contribution is 2.42. The molecule has 2 aromatic carbocycles. The highest BCUT2D eigenvalue weighted by molar-refractivity contribution is 6.52. The second kappa shape index (κ2) is 7.54. The number of ether oxygens (including phenoxy) is 3. The molecule has 0 N–H and O–H groups in total. The molecule has 0 fully saturated rings. The molecule has 0 aromatic heterocycles. The number of methoxy groups -OCH3 is 1. The Morgan fingerprint density at radius 2 is 1.63 bits per heavy atom. The molecule has 1 aliphatic heterocycles. The van der Waals surface area contributed by atoms with Gasteiger partial charge in [0, 0.05) is 24.7 Å². The van der Waals surface area contributed by atoms with E-state index in [2.05, 4.69) is 0 Å². The van der Waals surface area contributed by atoms with Gasteiger partial charge in [0.2, 0.25) is 11.6 Å². The summed E-state index contributed by atoms with van der Waals surface area (Å²) in [6.07, 6.45) is -1.56. The van der Waals surface area contributed by atoms with E-state index in [9.17, 15) is 14.4 Å². The normalized spacial score (nSPS) is 20.7. The number of esters is 1. The molecule has 0 amide bonds. The molecule has 0 saturated carbocycles. The summed E-state index contributed by atoms with van der Waals surface area (Å²) in [6.45, 7) is 3.59. The summed E-state index contributed by atoms with van der Waals surface area (Å²) in [7, 11) is 1.43. The van der Waals surface area contributed by atoms with Gasteiger partial charge in [-0.3, -0.25) is 9.59 Å². The summed E-state index contributed by atoms with van der Waals surface area (Å²) in [5, 5.41) is 0. The lowest BCUT2D eigenvalue weighted by Gasteiger charge is -2.41. The van der Waals surface area contributed by atoms with Crippen molar-refractivity contribution in [2.24, 2.45) is 0 Å². The monoisotopic (exact) mass is 406 g/mol. The molecule has 6 nitrogen and oxygen atoms in total. The Kier molecular flexibility index (Phi) is 5.03. The first kappa shape index (κ1) is 20.0. The highest BCUT2D eigenvalue weighted by Gasteiger charge is 2.47. The highest BCUT2D eigenvalue weighted by atomic mass is 16.6. The zero-order valence-corrected chi connectivity index (χ0v) is 17.0. The fourth-order valence-electron chi connectivity index (χ4n) is 3.85. The van der Waals surface area contributed by atoms with Gasteiger partial charge in [-0.05, 0) is 19.4 Å². The zero-order chi connectivity index (χ0) is 21.5. The van der Waals surface area contributed by atoms with E-state index in [1.165, 1.54) is 7.11 Å². The van der Waals surface area contributed by atoms with E-state index in [1.54, 1.807) is 50.2 Å². The van der Waals surface area contributed by atoms with Gasteiger partial charge in [-0.2, -0.15) is 0 Å². The zero-order valence-electron chi connectivity index (χ0n) is 17.0. The third-order valence-corrected chi connectivity index (χ3v) is 5.51. The van der Waals surface area contributed by atoms with Crippen molar-refractivity contribution >= 4 is 23.3 Å². The maximum atomic E-state index is 12.9. The second-order valence-electron chi connectivity index (χ2n) is 7.87. The minimum absolute atomic E-state index is 0.0954. The Morgan fingerprint density at radius 1 is 1.00 bits per heavy atom. The van der Waals surface area contributed by atoms with Crippen LogP contribution in [0.3, 0.4) is 0 Å². The molecule has 0 unspecified atom stereocenters. The van der Waals surface area contributed by atoms with Gasteiger partial charge in [-0.25, -0.2) is 4.79 Å². The molecular formula is C24H22O6. The predicted octanol–water partition coefficient (Wildman–Crippen LogP) is 3.66. The van der Waals surface area contributed by atoms with Crippen molar-refractivity contribution in [3.8, 4) is 0 Å². The number of carbonyl (C=O) groups is 3. The van der Waals surface area contributed by atoms with E-state index in [-0.39, 0.29) is 12.0 Å². The first-order valence-electron chi connectivity index (χ1n) is 9.72. The van der Waals surface area contributed by atoms with Gasteiger partial charge < -0.3 is 14.2 Å². The van der Waals surface area contributed by atoms with Crippen molar-refractivity contribution in [1.82, 2.24) is 0 Å². The summed E-state index contributed by atoms with van der Waals surface area (Å²) in [5.41, 5.74) is 0.920. The van der Waals surface area contributed by atoms with E-state index in [0.29, 0.717) is 22.4 Å². The van der Waals surface area contributed by atoms with Crippen LogP contribution in [-0.4, -0.2) is 36.4 Å². The van der Waals surface area contributed by atoms with Crippen molar-refractivity contribution in [2.75, 3.05) is 7.11 Å². The van der Waals surface area contributed by atoms with Crippen LogP contribution in [-0.2, 0) is 23.8 Å². The molecule has 6 heteroatoms. The van der Waals surface area contributed by atoms with Gasteiger partial charge in [0.15, 0.2) is 6.10 Å².